The number of amides is 1. The number of esters is 1. The van der Waals surface area contributed by atoms with E-state index in [1.54, 1.807) is 0 Å². The van der Waals surface area contributed by atoms with Crippen LogP contribution in [0.5, 0.6) is 0 Å². The molecule has 3 N–H and O–H groups in total. The molecule has 272 valence electrons. The topological polar surface area (TPSA) is 131 Å². The third-order valence-electron chi connectivity index (χ3n) is 7.95. The summed E-state index contributed by atoms with van der Waals surface area (Å²) < 4.78 is 26.6. The van der Waals surface area contributed by atoms with Gasteiger partial charge >= 0.3 is 13.8 Å². The van der Waals surface area contributed by atoms with Crippen molar-refractivity contribution in [2.75, 3.05) is 26.4 Å². The normalized spacial score (nSPS) is 13.6. The van der Waals surface area contributed by atoms with Crippen molar-refractivity contribution in [3.8, 4) is 0 Å². The zero-order chi connectivity index (χ0) is 34.0. The third kappa shape index (κ3) is 34.1. The van der Waals surface area contributed by atoms with Crippen LogP contribution in [0.4, 0.5) is 0 Å². The average Bonchev–Trinajstić information content (AvgIpc) is 3.04. The van der Waals surface area contributed by atoms with Crippen LogP contribution in [0.1, 0.15) is 174 Å². The van der Waals surface area contributed by atoms with Crippen LogP contribution in [-0.4, -0.2) is 54.3 Å². The van der Waals surface area contributed by atoms with Gasteiger partial charge in [-0.2, -0.15) is 0 Å². The van der Waals surface area contributed by atoms with Crippen molar-refractivity contribution < 1.29 is 37.9 Å². The molecule has 46 heavy (non-hydrogen) atoms. The lowest BCUT2D eigenvalue weighted by molar-refractivity contribution is -0.147. The minimum absolute atomic E-state index is 0.0823. The average molecular weight is 676 g/mol. The largest absolute Gasteiger partial charge is 0.472 e. The van der Waals surface area contributed by atoms with Crippen LogP contribution < -0.4 is 5.32 Å². The number of aliphatic hydroxyl groups is 1. The van der Waals surface area contributed by atoms with Gasteiger partial charge in [0.1, 0.15) is 12.7 Å². The van der Waals surface area contributed by atoms with E-state index in [2.05, 4.69) is 31.3 Å². The summed E-state index contributed by atoms with van der Waals surface area (Å²) in [5.41, 5.74) is 0. The first-order valence-corrected chi connectivity index (χ1v) is 20.2. The van der Waals surface area contributed by atoms with E-state index >= 15 is 0 Å². The number of rotatable bonds is 35. The van der Waals surface area contributed by atoms with Gasteiger partial charge in [0, 0.05) is 19.4 Å². The first-order chi connectivity index (χ1) is 22.3. The highest BCUT2D eigenvalue weighted by Gasteiger charge is 2.23. The molecule has 0 radical (unpaired) electrons. The quantitative estimate of drug-likeness (QED) is 0.0262. The number of unbranched alkanes of at least 4 members (excludes halogenated alkanes) is 20. The zero-order valence-electron chi connectivity index (χ0n) is 29.5. The van der Waals surface area contributed by atoms with Crippen LogP contribution in [0.15, 0.2) is 12.2 Å². The molecule has 0 fully saturated rings. The number of allylic oxidation sites excluding steroid dienone is 2. The van der Waals surface area contributed by atoms with E-state index in [1.165, 1.54) is 109 Å². The van der Waals surface area contributed by atoms with E-state index in [0.717, 1.165) is 38.5 Å². The monoisotopic (exact) mass is 675 g/mol. The van der Waals surface area contributed by atoms with Gasteiger partial charge in [-0.1, -0.05) is 135 Å². The van der Waals surface area contributed by atoms with E-state index in [0.29, 0.717) is 6.42 Å². The van der Waals surface area contributed by atoms with Crippen molar-refractivity contribution in [2.24, 2.45) is 0 Å². The van der Waals surface area contributed by atoms with E-state index in [-0.39, 0.29) is 32.1 Å². The first kappa shape index (κ1) is 44.8. The molecule has 0 rings (SSSR count). The minimum Gasteiger partial charge on any atom is -0.463 e. The van der Waals surface area contributed by atoms with Crippen LogP contribution in [0.25, 0.3) is 0 Å². The molecule has 0 saturated heterocycles. The number of hydrogen-bond donors (Lipinski definition) is 3. The van der Waals surface area contributed by atoms with Gasteiger partial charge in [0.05, 0.1) is 13.2 Å². The number of carbonyl (C=O) groups excluding carboxylic acids is 2. The van der Waals surface area contributed by atoms with Gasteiger partial charge in [-0.05, 0) is 38.5 Å². The Labute approximate surface area is 281 Å². The Kier molecular flexibility index (Phi) is 32.7. The maximum atomic E-state index is 12.0. The predicted molar refractivity (Wildman–Crippen MR) is 188 cm³/mol. The van der Waals surface area contributed by atoms with Gasteiger partial charge < -0.3 is 20.1 Å². The molecule has 0 heterocycles. The van der Waals surface area contributed by atoms with Crippen LogP contribution in [0.3, 0.4) is 0 Å². The van der Waals surface area contributed by atoms with E-state index in [4.69, 9.17) is 13.8 Å². The molecular weight excluding hydrogens is 605 g/mol. The third-order valence-corrected chi connectivity index (χ3v) is 8.93. The van der Waals surface area contributed by atoms with Crippen LogP contribution in [0, 0.1) is 0 Å². The summed E-state index contributed by atoms with van der Waals surface area (Å²) in [4.78, 5) is 33.6. The Balaban J connectivity index is 3.58. The summed E-state index contributed by atoms with van der Waals surface area (Å²) in [6, 6.07) is 0. The number of aliphatic hydroxyl groups excluding tert-OH is 1. The fourth-order valence-electron chi connectivity index (χ4n) is 5.08. The second kappa shape index (κ2) is 33.6. The lowest BCUT2D eigenvalue weighted by atomic mass is 10.1. The molecule has 0 aliphatic heterocycles. The summed E-state index contributed by atoms with van der Waals surface area (Å²) >= 11 is 0. The highest BCUT2D eigenvalue weighted by molar-refractivity contribution is 7.47. The molecule has 10 heteroatoms. The van der Waals surface area contributed by atoms with E-state index in [1.807, 2.05) is 0 Å². The van der Waals surface area contributed by atoms with Gasteiger partial charge in [0.25, 0.3) is 0 Å². The van der Waals surface area contributed by atoms with Crippen LogP contribution in [0.2, 0.25) is 0 Å². The van der Waals surface area contributed by atoms with Gasteiger partial charge in [-0.3, -0.25) is 18.6 Å². The maximum Gasteiger partial charge on any atom is 0.472 e. The van der Waals surface area contributed by atoms with E-state index < -0.39 is 26.5 Å². The Morgan fingerprint density at radius 3 is 1.63 bits per heavy atom. The second-order valence-corrected chi connectivity index (χ2v) is 14.0. The summed E-state index contributed by atoms with van der Waals surface area (Å²) in [6.45, 7) is 3.49. The van der Waals surface area contributed by atoms with Crippen molar-refractivity contribution >= 4 is 19.7 Å². The SMILES string of the molecule is CCCCCCCCC/C=C\CCCCCCCCCC(=O)NCCOP(=O)(O)OCC(O)COC(=O)CCCCCCCCC. The standard InChI is InChI=1S/C36H70NO8P/c1-3-5-7-9-11-12-13-14-15-16-17-18-19-20-21-23-24-26-28-35(39)37-30-31-44-46(41,42)45-33-34(38)32-43-36(40)29-27-25-22-10-8-6-4-2/h15-16,34,38H,3-14,17-33H2,1-2H3,(H,37,39)(H,41,42)/b16-15-. The zero-order valence-corrected chi connectivity index (χ0v) is 30.4. The lowest BCUT2D eigenvalue weighted by Crippen LogP contribution is -2.27. The Morgan fingerprint density at radius 1 is 0.652 bits per heavy atom. The number of hydrogen-bond acceptors (Lipinski definition) is 7. The summed E-state index contributed by atoms with van der Waals surface area (Å²) in [7, 11) is -4.40. The maximum absolute atomic E-state index is 12.0. The first-order valence-electron chi connectivity index (χ1n) is 18.7. The number of phosphoric acid groups is 1. The fourth-order valence-corrected chi connectivity index (χ4v) is 5.84. The number of ether oxygens (including phenoxy) is 1. The van der Waals surface area contributed by atoms with Gasteiger partial charge in [0.15, 0.2) is 0 Å². The molecule has 9 nitrogen and oxygen atoms in total. The molecule has 2 atom stereocenters. The molecule has 0 aromatic carbocycles. The van der Waals surface area contributed by atoms with Crippen molar-refractivity contribution in [2.45, 2.75) is 180 Å². The highest BCUT2D eigenvalue weighted by atomic mass is 31.2. The summed E-state index contributed by atoms with van der Waals surface area (Å²) in [5, 5.41) is 12.6. The van der Waals surface area contributed by atoms with Gasteiger partial charge in [-0.25, -0.2) is 4.57 Å². The Bertz CT molecular complexity index is 779. The summed E-state index contributed by atoms with van der Waals surface area (Å²) in [5.74, 6) is -0.524. The number of carbonyl (C=O) groups is 2. The highest BCUT2D eigenvalue weighted by Crippen LogP contribution is 2.42. The fraction of sp³-hybridized carbons (Fsp3) is 0.889. The molecule has 0 saturated carbocycles. The molecule has 1 amide bonds. The number of nitrogens with one attached hydrogen (secondary N) is 1. The van der Waals surface area contributed by atoms with Crippen molar-refractivity contribution in [3.05, 3.63) is 12.2 Å². The Morgan fingerprint density at radius 2 is 1.11 bits per heavy atom. The van der Waals surface area contributed by atoms with E-state index in [9.17, 15) is 24.2 Å². The molecule has 0 aliphatic rings. The van der Waals surface area contributed by atoms with Gasteiger partial charge in [-0.15, -0.1) is 0 Å². The molecule has 0 aliphatic carbocycles. The van der Waals surface area contributed by atoms with Crippen LogP contribution in [-0.2, 0) is 27.9 Å². The number of phosphoric ester groups is 1. The van der Waals surface area contributed by atoms with Crippen LogP contribution >= 0.6 is 7.82 Å². The Hall–Kier alpha value is -1.25. The van der Waals surface area contributed by atoms with Gasteiger partial charge in [0.2, 0.25) is 5.91 Å². The molecular formula is C36H70NO8P. The molecule has 0 bridgehead atoms. The van der Waals surface area contributed by atoms with Crippen molar-refractivity contribution in [1.29, 1.82) is 0 Å². The molecule has 0 aromatic rings. The smallest absolute Gasteiger partial charge is 0.463 e. The van der Waals surface area contributed by atoms with Crippen molar-refractivity contribution in [3.63, 3.8) is 0 Å². The molecule has 0 spiro atoms. The summed E-state index contributed by atoms with van der Waals surface area (Å²) in [6.07, 6.45) is 31.6. The molecule has 2 unspecified atom stereocenters. The van der Waals surface area contributed by atoms with Crippen molar-refractivity contribution in [1.82, 2.24) is 5.32 Å². The molecule has 0 aromatic heterocycles. The second-order valence-electron chi connectivity index (χ2n) is 12.6. The predicted octanol–water partition coefficient (Wildman–Crippen LogP) is 9.49. The lowest BCUT2D eigenvalue weighted by Gasteiger charge is -2.15. The minimum atomic E-state index is -4.40.